The van der Waals surface area contributed by atoms with Gasteiger partial charge in [-0.1, -0.05) is 11.6 Å². The molecular formula is C8H11BrClN3S. The van der Waals surface area contributed by atoms with Gasteiger partial charge in [-0.3, -0.25) is 0 Å². The smallest absolute Gasteiger partial charge is 0.148 e. The molecule has 0 amide bonds. The van der Waals surface area contributed by atoms with Gasteiger partial charge in [0.25, 0.3) is 0 Å². The van der Waals surface area contributed by atoms with Gasteiger partial charge in [-0.15, -0.1) is 0 Å². The molecule has 1 rings (SSSR count). The second-order valence-electron chi connectivity index (χ2n) is 2.60. The zero-order chi connectivity index (χ0) is 10.4. The fraction of sp³-hybridized carbons (Fsp3) is 0.500. The summed E-state index contributed by atoms with van der Waals surface area (Å²) in [5.74, 6) is 1.90. The molecule has 6 heteroatoms. The van der Waals surface area contributed by atoms with Crippen LogP contribution in [0, 0.1) is 0 Å². The second-order valence-corrected chi connectivity index (χ2v) is 4.74. The zero-order valence-corrected chi connectivity index (χ0v) is 10.9. The molecule has 78 valence electrons. The maximum absolute atomic E-state index is 5.81. The minimum Gasteiger partial charge on any atom is -0.369 e. The summed E-state index contributed by atoms with van der Waals surface area (Å²) < 4.78 is 0.728. The standard InChI is InChI=1S/C8H11BrClN3S/c1-14-4-2-3-11-8-6(9)7(10)12-5-13-8/h5H,2-4H2,1H3,(H,11,12,13). The van der Waals surface area contributed by atoms with Gasteiger partial charge >= 0.3 is 0 Å². The molecule has 0 atom stereocenters. The molecule has 3 nitrogen and oxygen atoms in total. The van der Waals surface area contributed by atoms with E-state index in [0.29, 0.717) is 5.15 Å². The van der Waals surface area contributed by atoms with Gasteiger partial charge in [0.05, 0.1) is 4.47 Å². The van der Waals surface area contributed by atoms with Crippen LogP contribution in [0.3, 0.4) is 0 Å². The van der Waals surface area contributed by atoms with E-state index >= 15 is 0 Å². The molecule has 0 aliphatic rings. The summed E-state index contributed by atoms with van der Waals surface area (Å²) in [5, 5.41) is 3.63. The molecule has 14 heavy (non-hydrogen) atoms. The van der Waals surface area contributed by atoms with Crippen LogP contribution in [0.25, 0.3) is 0 Å². The van der Waals surface area contributed by atoms with Crippen LogP contribution in [0.4, 0.5) is 5.82 Å². The molecule has 1 aromatic heterocycles. The molecule has 1 N–H and O–H groups in total. The molecule has 0 aliphatic carbocycles. The van der Waals surface area contributed by atoms with E-state index in [1.807, 2.05) is 11.8 Å². The van der Waals surface area contributed by atoms with Crippen molar-refractivity contribution in [3.63, 3.8) is 0 Å². The molecule has 0 spiro atoms. The average molecular weight is 297 g/mol. The highest BCUT2D eigenvalue weighted by molar-refractivity contribution is 9.10. The van der Waals surface area contributed by atoms with Gasteiger partial charge in [-0.25, -0.2) is 9.97 Å². The van der Waals surface area contributed by atoms with Gasteiger partial charge < -0.3 is 5.32 Å². The van der Waals surface area contributed by atoms with E-state index in [1.54, 1.807) is 0 Å². The summed E-state index contributed by atoms with van der Waals surface area (Å²) in [6, 6.07) is 0. The molecular weight excluding hydrogens is 286 g/mol. The number of nitrogens with zero attached hydrogens (tertiary/aromatic N) is 2. The molecule has 0 saturated heterocycles. The normalized spacial score (nSPS) is 10.2. The van der Waals surface area contributed by atoms with Gasteiger partial charge in [0.2, 0.25) is 0 Å². The van der Waals surface area contributed by atoms with E-state index in [-0.39, 0.29) is 0 Å². The lowest BCUT2D eigenvalue weighted by atomic mass is 10.4. The molecule has 0 unspecified atom stereocenters. The third-order valence-corrected chi connectivity index (χ3v) is 3.53. The molecule has 1 aromatic rings. The number of thioether (sulfide) groups is 1. The number of hydrogen-bond donors (Lipinski definition) is 1. The molecule has 0 radical (unpaired) electrons. The van der Waals surface area contributed by atoms with E-state index in [4.69, 9.17) is 11.6 Å². The summed E-state index contributed by atoms with van der Waals surface area (Å²) >= 11 is 11.0. The summed E-state index contributed by atoms with van der Waals surface area (Å²) in [5.41, 5.74) is 0. The van der Waals surface area contributed by atoms with Gasteiger partial charge in [0.15, 0.2) is 0 Å². The fourth-order valence-electron chi connectivity index (χ4n) is 0.895. The van der Waals surface area contributed by atoms with Gasteiger partial charge in [-0.05, 0) is 34.4 Å². The Hall–Kier alpha value is -0.0000000000000000555. The first-order chi connectivity index (χ1) is 6.75. The Morgan fingerprint density at radius 2 is 2.36 bits per heavy atom. The number of hydrogen-bond acceptors (Lipinski definition) is 4. The average Bonchev–Trinajstić information content (AvgIpc) is 2.19. The van der Waals surface area contributed by atoms with Crippen molar-refractivity contribution < 1.29 is 0 Å². The Labute approximate surface area is 101 Å². The Balaban J connectivity index is 2.46. The maximum atomic E-state index is 5.81. The number of anilines is 1. The SMILES string of the molecule is CSCCCNc1ncnc(Cl)c1Br. The third kappa shape index (κ3) is 3.63. The fourth-order valence-corrected chi connectivity index (χ4v) is 1.81. The van der Waals surface area contributed by atoms with Crippen molar-refractivity contribution in [3.05, 3.63) is 16.0 Å². The topological polar surface area (TPSA) is 37.8 Å². The van der Waals surface area contributed by atoms with Crippen LogP contribution in [-0.4, -0.2) is 28.5 Å². The molecule has 0 aromatic carbocycles. The number of nitrogens with one attached hydrogen (secondary N) is 1. The quantitative estimate of drug-likeness (QED) is 0.669. The third-order valence-electron chi connectivity index (χ3n) is 1.56. The first-order valence-corrected chi connectivity index (χ1v) is 6.71. The highest BCUT2D eigenvalue weighted by Crippen LogP contribution is 2.25. The van der Waals surface area contributed by atoms with Crippen molar-refractivity contribution in [2.75, 3.05) is 23.9 Å². The molecule has 0 aliphatic heterocycles. The van der Waals surface area contributed by atoms with Gasteiger partial charge in [0.1, 0.15) is 17.3 Å². The predicted octanol–water partition coefficient (Wildman–Crippen LogP) is 3.06. The van der Waals surface area contributed by atoms with Crippen LogP contribution in [0.5, 0.6) is 0 Å². The van der Waals surface area contributed by atoms with Crippen LogP contribution < -0.4 is 5.32 Å². The lowest BCUT2D eigenvalue weighted by molar-refractivity contribution is 0.973. The first kappa shape index (κ1) is 12.1. The second kappa shape index (κ2) is 6.48. The van der Waals surface area contributed by atoms with E-state index in [2.05, 4.69) is 37.5 Å². The lowest BCUT2D eigenvalue weighted by Crippen LogP contribution is -2.05. The zero-order valence-electron chi connectivity index (χ0n) is 7.76. The minimum absolute atomic E-state index is 0.437. The van der Waals surface area contributed by atoms with Crippen molar-refractivity contribution in [1.82, 2.24) is 9.97 Å². The van der Waals surface area contributed by atoms with Crippen LogP contribution in [-0.2, 0) is 0 Å². The van der Waals surface area contributed by atoms with Crippen LogP contribution in [0.1, 0.15) is 6.42 Å². The van der Waals surface area contributed by atoms with E-state index in [1.165, 1.54) is 6.33 Å². The Morgan fingerprint density at radius 3 is 3.07 bits per heavy atom. The molecule has 0 saturated carbocycles. The lowest BCUT2D eigenvalue weighted by Gasteiger charge is -2.06. The Kier molecular flexibility index (Phi) is 5.59. The van der Waals surface area contributed by atoms with E-state index < -0.39 is 0 Å². The van der Waals surface area contributed by atoms with Crippen molar-refractivity contribution in [1.29, 1.82) is 0 Å². The number of halogens is 2. The highest BCUT2D eigenvalue weighted by Gasteiger charge is 2.04. The Bertz CT molecular complexity index is 298. The van der Waals surface area contributed by atoms with Gasteiger partial charge in [-0.2, -0.15) is 11.8 Å². The highest BCUT2D eigenvalue weighted by atomic mass is 79.9. The number of rotatable bonds is 5. The summed E-state index contributed by atoms with van der Waals surface area (Å²) in [6.07, 6.45) is 4.65. The predicted molar refractivity (Wildman–Crippen MR) is 66.2 cm³/mol. The van der Waals surface area contributed by atoms with Crippen molar-refractivity contribution in [2.45, 2.75) is 6.42 Å². The molecule has 0 bridgehead atoms. The summed E-state index contributed by atoms with van der Waals surface area (Å²) in [7, 11) is 0. The largest absolute Gasteiger partial charge is 0.369 e. The summed E-state index contributed by atoms with van der Waals surface area (Å²) in [4.78, 5) is 7.92. The first-order valence-electron chi connectivity index (χ1n) is 4.14. The minimum atomic E-state index is 0.437. The van der Waals surface area contributed by atoms with E-state index in [0.717, 1.165) is 29.0 Å². The number of aromatic nitrogens is 2. The van der Waals surface area contributed by atoms with Crippen molar-refractivity contribution in [2.24, 2.45) is 0 Å². The van der Waals surface area contributed by atoms with Gasteiger partial charge in [0, 0.05) is 6.54 Å². The van der Waals surface area contributed by atoms with Crippen molar-refractivity contribution in [3.8, 4) is 0 Å². The summed E-state index contributed by atoms with van der Waals surface area (Å²) in [6.45, 7) is 0.896. The molecule has 0 fully saturated rings. The monoisotopic (exact) mass is 295 g/mol. The van der Waals surface area contributed by atoms with E-state index in [9.17, 15) is 0 Å². The Morgan fingerprint density at radius 1 is 1.57 bits per heavy atom. The van der Waals surface area contributed by atoms with Crippen molar-refractivity contribution >= 4 is 45.1 Å². The van der Waals surface area contributed by atoms with Crippen LogP contribution in [0.15, 0.2) is 10.8 Å². The van der Waals surface area contributed by atoms with Crippen LogP contribution in [0.2, 0.25) is 5.15 Å². The molecule has 1 heterocycles. The van der Waals surface area contributed by atoms with Crippen LogP contribution >= 0.6 is 39.3 Å². The maximum Gasteiger partial charge on any atom is 0.148 e.